The third kappa shape index (κ3) is 8.69. The maximum absolute atomic E-state index is 12.4. The number of amides is 2. The molecule has 5 N–H and O–H groups in total. The van der Waals surface area contributed by atoms with Crippen LogP contribution in [0.4, 0.5) is 0 Å². The zero-order valence-corrected chi connectivity index (χ0v) is 22.9. The second-order valence-electron chi connectivity index (χ2n) is 9.38. The van der Waals surface area contributed by atoms with Crippen molar-refractivity contribution in [3.05, 3.63) is 130 Å². The average molecular weight is 562 g/mol. The van der Waals surface area contributed by atoms with E-state index >= 15 is 0 Å². The van der Waals surface area contributed by atoms with Gasteiger partial charge in [-0.1, -0.05) is 36.4 Å². The number of nitrogen functional groups attached to an aromatic ring is 1. The van der Waals surface area contributed by atoms with Crippen LogP contribution in [0.2, 0.25) is 0 Å². The first-order valence-corrected chi connectivity index (χ1v) is 13.4. The van der Waals surface area contributed by atoms with Crippen LogP contribution in [0.5, 0.6) is 11.5 Å². The predicted molar refractivity (Wildman–Crippen MR) is 159 cm³/mol. The fourth-order valence-electron chi connectivity index (χ4n) is 3.91. The molecule has 0 spiro atoms. The minimum absolute atomic E-state index is 0.0387. The summed E-state index contributed by atoms with van der Waals surface area (Å²) in [7, 11) is 0. The van der Waals surface area contributed by atoms with E-state index in [9.17, 15) is 9.59 Å². The van der Waals surface area contributed by atoms with E-state index < -0.39 is 0 Å². The van der Waals surface area contributed by atoms with Gasteiger partial charge in [0.25, 0.3) is 11.8 Å². The zero-order chi connectivity index (χ0) is 29.7. The fraction of sp³-hybridized carbons (Fsp3) is 0.152. The van der Waals surface area contributed by atoms with Crippen molar-refractivity contribution < 1.29 is 19.1 Å². The lowest BCUT2D eigenvalue weighted by atomic mass is 10.1. The number of nitriles is 1. The number of ether oxygens (including phenoxy) is 2. The van der Waals surface area contributed by atoms with Gasteiger partial charge in [0.1, 0.15) is 17.3 Å². The Morgan fingerprint density at radius 3 is 1.52 bits per heavy atom. The number of carbonyl (C=O) groups is 2. The molecule has 0 fully saturated rings. The van der Waals surface area contributed by atoms with Crippen molar-refractivity contribution in [3.63, 3.8) is 0 Å². The summed E-state index contributed by atoms with van der Waals surface area (Å²) in [5.74, 6) is 0.959. The number of carbonyl (C=O) groups excluding carboxylic acids is 2. The Morgan fingerprint density at radius 2 is 1.07 bits per heavy atom. The van der Waals surface area contributed by atoms with Crippen molar-refractivity contribution in [1.29, 1.82) is 10.7 Å². The average Bonchev–Trinajstić information content (AvgIpc) is 3.03. The van der Waals surface area contributed by atoms with E-state index in [0.717, 1.165) is 16.9 Å². The van der Waals surface area contributed by atoms with Gasteiger partial charge in [0, 0.05) is 36.2 Å². The van der Waals surface area contributed by atoms with E-state index in [4.69, 9.17) is 25.9 Å². The number of amidine groups is 1. The number of rotatable bonds is 13. The lowest BCUT2D eigenvalue weighted by Gasteiger charge is -2.10. The maximum atomic E-state index is 12.4. The quantitative estimate of drug-likeness (QED) is 0.107. The molecule has 0 aliphatic heterocycles. The highest BCUT2D eigenvalue weighted by molar-refractivity contribution is 5.98. The second-order valence-corrected chi connectivity index (χ2v) is 9.38. The van der Waals surface area contributed by atoms with E-state index in [-0.39, 0.29) is 17.6 Å². The van der Waals surface area contributed by atoms with Gasteiger partial charge >= 0.3 is 0 Å². The highest BCUT2D eigenvalue weighted by Crippen LogP contribution is 2.15. The van der Waals surface area contributed by atoms with Crippen molar-refractivity contribution in [2.75, 3.05) is 13.2 Å². The van der Waals surface area contributed by atoms with Gasteiger partial charge in [-0.25, -0.2) is 0 Å². The van der Waals surface area contributed by atoms with Crippen LogP contribution < -0.4 is 25.8 Å². The molecule has 9 heteroatoms. The summed E-state index contributed by atoms with van der Waals surface area (Å²) < 4.78 is 11.6. The van der Waals surface area contributed by atoms with Crippen molar-refractivity contribution in [1.82, 2.24) is 10.6 Å². The number of benzene rings is 4. The van der Waals surface area contributed by atoms with Gasteiger partial charge in [-0.15, -0.1) is 0 Å². The number of nitrogens with one attached hydrogen (secondary N) is 3. The molecule has 0 aromatic heterocycles. The van der Waals surface area contributed by atoms with Gasteiger partial charge in [-0.2, -0.15) is 5.26 Å². The number of nitrogens with zero attached hydrogens (tertiary/aromatic N) is 1. The topological polar surface area (TPSA) is 150 Å². The van der Waals surface area contributed by atoms with Crippen LogP contribution in [0.1, 0.15) is 49.4 Å². The molecule has 0 atom stereocenters. The number of hydrogen-bond donors (Lipinski definition) is 4. The van der Waals surface area contributed by atoms with Crippen molar-refractivity contribution >= 4 is 17.6 Å². The smallest absolute Gasteiger partial charge is 0.251 e. The minimum atomic E-state index is -0.206. The summed E-state index contributed by atoms with van der Waals surface area (Å²) in [6.07, 6.45) is 0.674. The summed E-state index contributed by atoms with van der Waals surface area (Å²) in [6, 6.07) is 30.2. The molecule has 0 aliphatic rings. The molecule has 4 aromatic carbocycles. The van der Waals surface area contributed by atoms with E-state index in [1.54, 1.807) is 60.7 Å². The Hall–Kier alpha value is -5.62. The Kier molecular flexibility index (Phi) is 10.3. The molecule has 4 rings (SSSR count). The molecule has 0 saturated carbocycles. The molecule has 0 radical (unpaired) electrons. The SMILES string of the molecule is N#Cc1ccc(CNC(=O)c2ccc(OCCCOc3ccc(CNC(=O)c4ccc(C(=N)N)cc4)cc3)cc2)cc1. The van der Waals surface area contributed by atoms with Gasteiger partial charge in [0.05, 0.1) is 24.8 Å². The molecule has 9 nitrogen and oxygen atoms in total. The van der Waals surface area contributed by atoms with Gasteiger partial charge in [-0.3, -0.25) is 15.0 Å². The first-order valence-electron chi connectivity index (χ1n) is 13.4. The largest absolute Gasteiger partial charge is 0.493 e. The summed E-state index contributed by atoms with van der Waals surface area (Å²) in [4.78, 5) is 24.8. The third-order valence-electron chi connectivity index (χ3n) is 6.31. The molecule has 0 bridgehead atoms. The highest BCUT2D eigenvalue weighted by Gasteiger charge is 2.08. The molecule has 0 heterocycles. The number of hydrogen-bond acceptors (Lipinski definition) is 6. The van der Waals surface area contributed by atoms with E-state index in [1.165, 1.54) is 0 Å². The standard InChI is InChI=1S/C33H31N5O4/c34-20-23-2-4-24(5-3-23)21-37-33(40)28-12-16-30(17-13-28)42-19-1-18-41-29-14-6-25(7-15-29)22-38-32(39)27-10-8-26(9-11-27)31(35)36/h2-17H,1,18-19,21-22H2,(H3,35,36)(H,37,40)(H,38,39). The van der Waals surface area contributed by atoms with Crippen LogP contribution >= 0.6 is 0 Å². The zero-order valence-electron chi connectivity index (χ0n) is 22.9. The van der Waals surface area contributed by atoms with Crippen LogP contribution in [0.3, 0.4) is 0 Å². The summed E-state index contributed by atoms with van der Waals surface area (Å²) in [5.41, 5.74) is 9.48. The molecular weight excluding hydrogens is 530 g/mol. The third-order valence-corrected chi connectivity index (χ3v) is 6.31. The molecule has 212 valence electrons. The highest BCUT2D eigenvalue weighted by atomic mass is 16.5. The Bertz CT molecular complexity index is 1540. The molecular formula is C33H31N5O4. The lowest BCUT2D eigenvalue weighted by Crippen LogP contribution is -2.23. The first-order chi connectivity index (χ1) is 20.4. The van der Waals surface area contributed by atoms with Crippen LogP contribution in [0.15, 0.2) is 97.1 Å². The minimum Gasteiger partial charge on any atom is -0.493 e. The Labute approximate surface area is 244 Å². The van der Waals surface area contributed by atoms with Gasteiger partial charge in [-0.05, 0) is 71.8 Å². The fourth-order valence-corrected chi connectivity index (χ4v) is 3.91. The molecule has 4 aromatic rings. The monoisotopic (exact) mass is 561 g/mol. The van der Waals surface area contributed by atoms with Crippen molar-refractivity contribution in [2.45, 2.75) is 19.5 Å². The van der Waals surface area contributed by atoms with Crippen LogP contribution in [0, 0.1) is 16.7 Å². The molecule has 0 unspecified atom stereocenters. The lowest BCUT2D eigenvalue weighted by molar-refractivity contribution is 0.0943. The molecule has 0 saturated heterocycles. The van der Waals surface area contributed by atoms with Gasteiger partial charge in [0.15, 0.2) is 0 Å². The Morgan fingerprint density at radius 1 is 0.667 bits per heavy atom. The van der Waals surface area contributed by atoms with Gasteiger partial charge in [0.2, 0.25) is 0 Å². The summed E-state index contributed by atoms with van der Waals surface area (Å²) in [5, 5.41) is 22.0. The first kappa shape index (κ1) is 29.4. The summed E-state index contributed by atoms with van der Waals surface area (Å²) in [6.45, 7) is 1.68. The van der Waals surface area contributed by atoms with E-state index in [1.807, 2.05) is 36.4 Å². The second kappa shape index (κ2) is 14.7. The van der Waals surface area contributed by atoms with Gasteiger partial charge < -0.3 is 25.8 Å². The van der Waals surface area contributed by atoms with Crippen molar-refractivity contribution in [3.8, 4) is 17.6 Å². The molecule has 2 amide bonds. The van der Waals surface area contributed by atoms with Crippen molar-refractivity contribution in [2.24, 2.45) is 5.73 Å². The van der Waals surface area contributed by atoms with E-state index in [2.05, 4.69) is 16.7 Å². The van der Waals surface area contributed by atoms with Crippen LogP contribution in [-0.2, 0) is 13.1 Å². The van der Waals surface area contributed by atoms with E-state index in [0.29, 0.717) is 60.7 Å². The predicted octanol–water partition coefficient (Wildman–Crippen LogP) is 4.55. The Balaban J connectivity index is 1.11. The molecule has 0 aliphatic carbocycles. The summed E-state index contributed by atoms with van der Waals surface area (Å²) >= 11 is 0. The maximum Gasteiger partial charge on any atom is 0.251 e. The van der Waals surface area contributed by atoms with Crippen LogP contribution in [-0.4, -0.2) is 30.9 Å². The molecule has 42 heavy (non-hydrogen) atoms. The normalized spacial score (nSPS) is 10.3. The number of nitrogens with two attached hydrogens (primary N) is 1. The van der Waals surface area contributed by atoms with Crippen LogP contribution in [0.25, 0.3) is 0 Å².